The number of carbonyl (C=O) groups excluding carboxylic acids is 1. The SMILES string of the molecule is COC(=O)c1ccc(CNc2ccccc2C(=O)O)cc1. The van der Waals surface area contributed by atoms with E-state index in [-0.39, 0.29) is 11.5 Å². The van der Waals surface area contributed by atoms with Crippen molar-refractivity contribution in [2.45, 2.75) is 6.54 Å². The summed E-state index contributed by atoms with van der Waals surface area (Å²) in [4.78, 5) is 22.4. The Kier molecular flexibility index (Phi) is 4.56. The fourth-order valence-corrected chi connectivity index (χ4v) is 1.90. The summed E-state index contributed by atoms with van der Waals surface area (Å²) in [6.07, 6.45) is 0. The molecule has 0 aliphatic heterocycles. The van der Waals surface area contributed by atoms with E-state index in [0.717, 1.165) is 5.56 Å². The van der Waals surface area contributed by atoms with Crippen LogP contribution in [0.2, 0.25) is 0 Å². The first-order valence-corrected chi connectivity index (χ1v) is 6.35. The van der Waals surface area contributed by atoms with E-state index in [1.165, 1.54) is 7.11 Å². The van der Waals surface area contributed by atoms with Crippen LogP contribution in [0.15, 0.2) is 48.5 Å². The maximum Gasteiger partial charge on any atom is 0.337 e. The summed E-state index contributed by atoms with van der Waals surface area (Å²) in [6, 6.07) is 13.6. The minimum absolute atomic E-state index is 0.226. The maximum atomic E-state index is 11.3. The molecule has 0 fully saturated rings. The molecule has 5 heteroatoms. The minimum Gasteiger partial charge on any atom is -0.478 e. The molecule has 0 aromatic heterocycles. The highest BCUT2D eigenvalue weighted by Gasteiger charge is 2.09. The van der Waals surface area contributed by atoms with Gasteiger partial charge in [0.1, 0.15) is 0 Å². The molecule has 2 aromatic carbocycles. The lowest BCUT2D eigenvalue weighted by Crippen LogP contribution is -2.06. The quantitative estimate of drug-likeness (QED) is 0.826. The number of carbonyl (C=O) groups is 2. The molecule has 0 unspecified atom stereocenters. The average Bonchev–Trinajstić information content (AvgIpc) is 2.52. The zero-order valence-corrected chi connectivity index (χ0v) is 11.5. The molecule has 0 aliphatic rings. The molecule has 0 aliphatic carbocycles. The van der Waals surface area contributed by atoms with Gasteiger partial charge < -0.3 is 15.2 Å². The molecule has 5 nitrogen and oxygen atoms in total. The number of para-hydroxylation sites is 1. The Morgan fingerprint density at radius 2 is 1.76 bits per heavy atom. The molecule has 0 saturated carbocycles. The standard InChI is InChI=1S/C16H15NO4/c1-21-16(20)12-8-6-11(7-9-12)10-17-14-5-3-2-4-13(14)15(18)19/h2-9,17H,10H2,1H3,(H,18,19). The zero-order chi connectivity index (χ0) is 15.2. The van der Waals surface area contributed by atoms with E-state index in [0.29, 0.717) is 17.8 Å². The van der Waals surface area contributed by atoms with Crippen molar-refractivity contribution < 1.29 is 19.4 Å². The van der Waals surface area contributed by atoms with Crippen LogP contribution < -0.4 is 5.32 Å². The Bertz CT molecular complexity index is 650. The predicted octanol–water partition coefficient (Wildman–Crippen LogP) is 2.78. The molecule has 0 radical (unpaired) electrons. The number of benzene rings is 2. The minimum atomic E-state index is -0.973. The molecular formula is C16H15NO4. The molecule has 0 heterocycles. The Labute approximate surface area is 122 Å². The monoisotopic (exact) mass is 285 g/mol. The van der Waals surface area contributed by atoms with E-state index in [1.54, 1.807) is 48.5 Å². The van der Waals surface area contributed by atoms with E-state index < -0.39 is 5.97 Å². The Balaban J connectivity index is 2.07. The number of anilines is 1. The number of carboxylic acid groups (broad SMARTS) is 1. The fourth-order valence-electron chi connectivity index (χ4n) is 1.90. The number of hydrogen-bond donors (Lipinski definition) is 2. The summed E-state index contributed by atoms with van der Waals surface area (Å²) in [5.41, 5.74) is 2.20. The second-order valence-electron chi connectivity index (χ2n) is 4.39. The third kappa shape index (κ3) is 3.60. The van der Waals surface area contributed by atoms with Crippen LogP contribution in [0, 0.1) is 0 Å². The smallest absolute Gasteiger partial charge is 0.337 e. The number of nitrogens with one attached hydrogen (secondary N) is 1. The first-order chi connectivity index (χ1) is 10.1. The van der Waals surface area contributed by atoms with E-state index in [9.17, 15) is 9.59 Å². The lowest BCUT2D eigenvalue weighted by molar-refractivity contribution is 0.0599. The third-order valence-electron chi connectivity index (χ3n) is 3.02. The second-order valence-corrected chi connectivity index (χ2v) is 4.39. The lowest BCUT2D eigenvalue weighted by Gasteiger charge is -2.09. The van der Waals surface area contributed by atoms with Crippen LogP contribution in [0.3, 0.4) is 0 Å². The van der Waals surface area contributed by atoms with Crippen molar-refractivity contribution in [2.24, 2.45) is 0 Å². The van der Waals surface area contributed by atoms with Gasteiger partial charge in [0.15, 0.2) is 0 Å². The summed E-state index contributed by atoms with van der Waals surface area (Å²) in [7, 11) is 1.33. The fraction of sp³-hybridized carbons (Fsp3) is 0.125. The van der Waals surface area contributed by atoms with Crippen molar-refractivity contribution in [2.75, 3.05) is 12.4 Å². The molecule has 108 valence electrons. The highest BCUT2D eigenvalue weighted by molar-refractivity contribution is 5.94. The maximum absolute atomic E-state index is 11.3. The molecule has 0 spiro atoms. The number of aromatic carboxylic acids is 1. The normalized spacial score (nSPS) is 9.95. The van der Waals surface area contributed by atoms with Gasteiger partial charge in [-0.25, -0.2) is 9.59 Å². The van der Waals surface area contributed by atoms with Crippen molar-refractivity contribution in [3.63, 3.8) is 0 Å². The van der Waals surface area contributed by atoms with E-state index in [2.05, 4.69) is 10.1 Å². The van der Waals surface area contributed by atoms with Gasteiger partial charge in [-0.2, -0.15) is 0 Å². The molecule has 2 N–H and O–H groups in total. The number of ether oxygens (including phenoxy) is 1. The van der Waals surface area contributed by atoms with Crippen molar-refractivity contribution in [1.29, 1.82) is 0 Å². The van der Waals surface area contributed by atoms with Gasteiger partial charge in [0.05, 0.1) is 18.2 Å². The van der Waals surface area contributed by atoms with E-state index in [4.69, 9.17) is 5.11 Å². The number of hydrogen-bond acceptors (Lipinski definition) is 4. The van der Waals surface area contributed by atoms with Crippen LogP contribution >= 0.6 is 0 Å². The first kappa shape index (κ1) is 14.6. The number of carboxylic acids is 1. The van der Waals surface area contributed by atoms with Gasteiger partial charge in [-0.15, -0.1) is 0 Å². The molecule has 0 saturated heterocycles. The van der Waals surface area contributed by atoms with Crippen molar-refractivity contribution in [3.8, 4) is 0 Å². The Hall–Kier alpha value is -2.82. The summed E-state index contributed by atoms with van der Waals surface area (Å²) in [6.45, 7) is 0.464. The van der Waals surface area contributed by atoms with Crippen molar-refractivity contribution in [1.82, 2.24) is 0 Å². The van der Waals surface area contributed by atoms with Gasteiger partial charge in [0, 0.05) is 12.2 Å². The molecule has 0 bridgehead atoms. The zero-order valence-electron chi connectivity index (χ0n) is 11.5. The van der Waals surface area contributed by atoms with Gasteiger partial charge in [-0.05, 0) is 29.8 Å². The van der Waals surface area contributed by atoms with Gasteiger partial charge in [-0.3, -0.25) is 0 Å². The van der Waals surface area contributed by atoms with E-state index >= 15 is 0 Å². The molecule has 21 heavy (non-hydrogen) atoms. The summed E-state index contributed by atoms with van der Waals surface area (Å²) >= 11 is 0. The van der Waals surface area contributed by atoms with Crippen molar-refractivity contribution in [3.05, 3.63) is 65.2 Å². The molecule has 2 aromatic rings. The van der Waals surface area contributed by atoms with E-state index in [1.807, 2.05) is 0 Å². The van der Waals surface area contributed by atoms with Crippen LogP contribution in [-0.2, 0) is 11.3 Å². The van der Waals surface area contributed by atoms with Crippen LogP contribution in [0.1, 0.15) is 26.3 Å². The van der Waals surface area contributed by atoms with Crippen LogP contribution in [0.5, 0.6) is 0 Å². The lowest BCUT2D eigenvalue weighted by atomic mass is 10.1. The summed E-state index contributed by atoms with van der Waals surface area (Å²) < 4.78 is 4.63. The van der Waals surface area contributed by atoms with Gasteiger partial charge >= 0.3 is 11.9 Å². The van der Waals surface area contributed by atoms with Gasteiger partial charge in [-0.1, -0.05) is 24.3 Å². The molecule has 0 amide bonds. The van der Waals surface area contributed by atoms with Crippen molar-refractivity contribution >= 4 is 17.6 Å². The number of esters is 1. The highest BCUT2D eigenvalue weighted by Crippen LogP contribution is 2.16. The van der Waals surface area contributed by atoms with Crippen LogP contribution in [-0.4, -0.2) is 24.2 Å². The summed E-state index contributed by atoms with van der Waals surface area (Å²) in [5, 5.41) is 12.2. The Morgan fingerprint density at radius 1 is 1.10 bits per heavy atom. The van der Waals surface area contributed by atoms with Gasteiger partial charge in [0.25, 0.3) is 0 Å². The Morgan fingerprint density at radius 3 is 2.38 bits per heavy atom. The van der Waals surface area contributed by atoms with Crippen LogP contribution in [0.25, 0.3) is 0 Å². The summed E-state index contributed by atoms with van der Waals surface area (Å²) in [5.74, 6) is -1.36. The first-order valence-electron chi connectivity index (χ1n) is 6.35. The molecular weight excluding hydrogens is 270 g/mol. The topological polar surface area (TPSA) is 75.6 Å². The molecule has 0 atom stereocenters. The third-order valence-corrected chi connectivity index (χ3v) is 3.02. The largest absolute Gasteiger partial charge is 0.478 e. The predicted molar refractivity (Wildman–Crippen MR) is 78.5 cm³/mol. The van der Waals surface area contributed by atoms with Crippen LogP contribution in [0.4, 0.5) is 5.69 Å². The van der Waals surface area contributed by atoms with Gasteiger partial charge in [0.2, 0.25) is 0 Å². The highest BCUT2D eigenvalue weighted by atomic mass is 16.5. The second kappa shape index (κ2) is 6.56. The number of methoxy groups -OCH3 is 1. The number of rotatable bonds is 5. The molecule has 2 rings (SSSR count). The average molecular weight is 285 g/mol.